The number of hydrogen-bond acceptors (Lipinski definition) is 4. The number of hydrogen-bond donors (Lipinski definition) is 0. The van der Waals surface area contributed by atoms with Crippen molar-refractivity contribution in [2.45, 2.75) is 46.3 Å². The standard InChI is InChI=1S/C17H24O4/c1-11(2)16(18)21-15-8-13(5)6-7-14(15)17(10-20-17)9-19-12(3)4/h6-8,11-12H,9-10H2,1-5H3/t17-/m0/s1. The van der Waals surface area contributed by atoms with Crippen LogP contribution in [-0.2, 0) is 19.9 Å². The van der Waals surface area contributed by atoms with E-state index in [0.29, 0.717) is 19.0 Å². The van der Waals surface area contributed by atoms with Gasteiger partial charge in [0.05, 0.1) is 25.2 Å². The molecule has 1 atom stereocenters. The number of carbonyl (C=O) groups is 1. The second-order valence-corrected chi connectivity index (χ2v) is 6.22. The van der Waals surface area contributed by atoms with Crippen molar-refractivity contribution in [2.75, 3.05) is 13.2 Å². The Hall–Kier alpha value is -1.39. The highest BCUT2D eigenvalue weighted by Crippen LogP contribution is 2.44. The smallest absolute Gasteiger partial charge is 0.313 e. The molecule has 0 amide bonds. The van der Waals surface area contributed by atoms with Gasteiger partial charge >= 0.3 is 5.97 Å². The highest BCUT2D eigenvalue weighted by molar-refractivity contribution is 5.75. The van der Waals surface area contributed by atoms with Crippen molar-refractivity contribution >= 4 is 5.97 Å². The third-order valence-corrected chi connectivity index (χ3v) is 3.45. The molecule has 4 heteroatoms. The topological polar surface area (TPSA) is 48.1 Å². The summed E-state index contributed by atoms with van der Waals surface area (Å²) in [6.07, 6.45) is 0.137. The summed E-state index contributed by atoms with van der Waals surface area (Å²) in [5.74, 6) is 0.183. The van der Waals surface area contributed by atoms with Crippen molar-refractivity contribution in [3.63, 3.8) is 0 Å². The monoisotopic (exact) mass is 292 g/mol. The molecule has 1 heterocycles. The Bertz CT molecular complexity index is 516. The van der Waals surface area contributed by atoms with Crippen molar-refractivity contribution in [3.8, 4) is 5.75 Å². The number of rotatable bonds is 6. The fourth-order valence-corrected chi connectivity index (χ4v) is 2.02. The molecule has 1 fully saturated rings. The lowest BCUT2D eigenvalue weighted by molar-refractivity contribution is -0.137. The Labute approximate surface area is 126 Å². The zero-order chi connectivity index (χ0) is 15.6. The van der Waals surface area contributed by atoms with E-state index in [-0.39, 0.29) is 18.0 Å². The molecule has 1 aliphatic heterocycles. The molecule has 0 saturated carbocycles. The second kappa shape index (κ2) is 6.16. The maximum Gasteiger partial charge on any atom is 0.313 e. The quantitative estimate of drug-likeness (QED) is 0.459. The molecule has 1 aliphatic rings. The minimum atomic E-state index is -0.468. The van der Waals surface area contributed by atoms with E-state index in [1.54, 1.807) is 0 Å². The van der Waals surface area contributed by atoms with Gasteiger partial charge in [0.15, 0.2) is 0 Å². The maximum atomic E-state index is 11.9. The van der Waals surface area contributed by atoms with Gasteiger partial charge in [-0.1, -0.05) is 26.0 Å². The van der Waals surface area contributed by atoms with Gasteiger partial charge in [-0.2, -0.15) is 0 Å². The van der Waals surface area contributed by atoms with Gasteiger partial charge in [0.25, 0.3) is 0 Å². The zero-order valence-corrected chi connectivity index (χ0v) is 13.4. The molecule has 0 aliphatic carbocycles. The molecule has 1 saturated heterocycles. The molecule has 0 aromatic heterocycles. The normalized spacial score (nSPS) is 20.9. The molecule has 116 valence electrons. The third kappa shape index (κ3) is 3.83. The number of esters is 1. The van der Waals surface area contributed by atoms with Crippen LogP contribution in [0.3, 0.4) is 0 Å². The van der Waals surface area contributed by atoms with Crippen LogP contribution in [0.1, 0.15) is 38.8 Å². The molecule has 21 heavy (non-hydrogen) atoms. The third-order valence-electron chi connectivity index (χ3n) is 3.45. The summed E-state index contributed by atoms with van der Waals surface area (Å²) >= 11 is 0. The summed E-state index contributed by atoms with van der Waals surface area (Å²) in [5, 5.41) is 0. The van der Waals surface area contributed by atoms with E-state index in [2.05, 4.69) is 0 Å². The Morgan fingerprint density at radius 2 is 2.00 bits per heavy atom. The van der Waals surface area contributed by atoms with E-state index in [1.807, 2.05) is 52.8 Å². The predicted molar refractivity (Wildman–Crippen MR) is 80.4 cm³/mol. The van der Waals surface area contributed by atoms with Gasteiger partial charge in [0, 0.05) is 5.56 Å². The first kappa shape index (κ1) is 16.0. The van der Waals surface area contributed by atoms with Crippen LogP contribution in [-0.4, -0.2) is 25.3 Å². The molecule has 2 rings (SSSR count). The van der Waals surface area contributed by atoms with Gasteiger partial charge < -0.3 is 14.2 Å². The van der Waals surface area contributed by atoms with Crippen molar-refractivity contribution in [2.24, 2.45) is 5.92 Å². The van der Waals surface area contributed by atoms with Crippen LogP contribution in [0.25, 0.3) is 0 Å². The molecular weight excluding hydrogens is 268 g/mol. The summed E-state index contributed by atoms with van der Waals surface area (Å²) in [5.41, 5.74) is 1.47. The first-order valence-corrected chi connectivity index (χ1v) is 7.42. The zero-order valence-electron chi connectivity index (χ0n) is 13.4. The van der Waals surface area contributed by atoms with Crippen LogP contribution in [0.15, 0.2) is 18.2 Å². The lowest BCUT2D eigenvalue weighted by Gasteiger charge is -2.19. The minimum absolute atomic E-state index is 0.137. The van der Waals surface area contributed by atoms with E-state index < -0.39 is 5.60 Å². The van der Waals surface area contributed by atoms with Gasteiger partial charge in [0.1, 0.15) is 11.4 Å². The maximum absolute atomic E-state index is 11.9. The molecule has 0 N–H and O–H groups in total. The number of ether oxygens (including phenoxy) is 3. The average Bonchev–Trinajstić information content (AvgIpc) is 3.17. The van der Waals surface area contributed by atoms with Crippen molar-refractivity contribution in [3.05, 3.63) is 29.3 Å². The molecule has 0 radical (unpaired) electrons. The van der Waals surface area contributed by atoms with Crippen molar-refractivity contribution in [1.29, 1.82) is 0 Å². The molecule has 0 bridgehead atoms. The van der Waals surface area contributed by atoms with Gasteiger partial charge in [-0.3, -0.25) is 4.79 Å². The number of epoxide rings is 1. The first-order chi connectivity index (χ1) is 9.84. The lowest BCUT2D eigenvalue weighted by atomic mass is 9.98. The van der Waals surface area contributed by atoms with Gasteiger partial charge in [-0.15, -0.1) is 0 Å². The van der Waals surface area contributed by atoms with Crippen LogP contribution < -0.4 is 4.74 Å². The molecular formula is C17H24O4. The van der Waals surface area contributed by atoms with E-state index in [0.717, 1.165) is 11.1 Å². The average molecular weight is 292 g/mol. The predicted octanol–water partition coefficient (Wildman–Crippen LogP) is 3.21. The van der Waals surface area contributed by atoms with E-state index >= 15 is 0 Å². The van der Waals surface area contributed by atoms with E-state index in [4.69, 9.17) is 14.2 Å². The van der Waals surface area contributed by atoms with Crippen molar-refractivity contribution in [1.82, 2.24) is 0 Å². The van der Waals surface area contributed by atoms with Crippen LogP contribution >= 0.6 is 0 Å². The fraction of sp³-hybridized carbons (Fsp3) is 0.588. The Morgan fingerprint density at radius 1 is 1.33 bits per heavy atom. The lowest BCUT2D eigenvalue weighted by Crippen LogP contribution is -2.23. The van der Waals surface area contributed by atoms with Crippen LogP contribution in [0.5, 0.6) is 5.75 Å². The molecule has 4 nitrogen and oxygen atoms in total. The first-order valence-electron chi connectivity index (χ1n) is 7.42. The minimum Gasteiger partial charge on any atom is -0.426 e. The summed E-state index contributed by atoms with van der Waals surface area (Å²) in [7, 11) is 0. The molecule has 0 unspecified atom stereocenters. The molecule has 0 spiro atoms. The van der Waals surface area contributed by atoms with Crippen LogP contribution in [0, 0.1) is 12.8 Å². The van der Waals surface area contributed by atoms with Gasteiger partial charge in [0.2, 0.25) is 0 Å². The van der Waals surface area contributed by atoms with Crippen LogP contribution in [0.2, 0.25) is 0 Å². The molecule has 1 aromatic carbocycles. The van der Waals surface area contributed by atoms with Crippen molar-refractivity contribution < 1.29 is 19.0 Å². The Kier molecular flexibility index (Phi) is 4.69. The summed E-state index contributed by atoms with van der Waals surface area (Å²) < 4.78 is 16.9. The van der Waals surface area contributed by atoms with Crippen LogP contribution in [0.4, 0.5) is 0 Å². The van der Waals surface area contributed by atoms with Gasteiger partial charge in [-0.05, 0) is 32.4 Å². The highest BCUT2D eigenvalue weighted by Gasteiger charge is 2.49. The Morgan fingerprint density at radius 3 is 2.52 bits per heavy atom. The van der Waals surface area contributed by atoms with E-state index in [1.165, 1.54) is 0 Å². The number of carbonyl (C=O) groups excluding carboxylic acids is 1. The summed E-state index contributed by atoms with van der Waals surface area (Å²) in [4.78, 5) is 11.9. The summed E-state index contributed by atoms with van der Waals surface area (Å²) in [6, 6.07) is 5.85. The SMILES string of the molecule is Cc1ccc([C@]2(COC(C)C)CO2)c(OC(=O)C(C)C)c1. The van der Waals surface area contributed by atoms with Gasteiger partial charge in [-0.25, -0.2) is 0 Å². The molecule has 1 aromatic rings. The highest BCUT2D eigenvalue weighted by atomic mass is 16.6. The largest absolute Gasteiger partial charge is 0.426 e. The second-order valence-electron chi connectivity index (χ2n) is 6.22. The number of aryl methyl sites for hydroxylation is 1. The fourth-order valence-electron chi connectivity index (χ4n) is 2.02. The van der Waals surface area contributed by atoms with E-state index in [9.17, 15) is 4.79 Å². The summed E-state index contributed by atoms with van der Waals surface area (Å²) in [6.45, 7) is 10.7. The number of benzene rings is 1. The Balaban J connectivity index is 2.25.